The molecule has 2 rings (SSSR count). The van der Waals surface area contributed by atoms with E-state index in [1.165, 1.54) is 0 Å². The van der Waals surface area contributed by atoms with Gasteiger partial charge in [0, 0.05) is 23.6 Å². The van der Waals surface area contributed by atoms with Crippen LogP contribution in [0.4, 0.5) is 5.69 Å². The zero-order valence-electron chi connectivity index (χ0n) is 17.0. The van der Waals surface area contributed by atoms with E-state index < -0.39 is 17.9 Å². The number of aromatic nitrogens is 1. The van der Waals surface area contributed by atoms with Gasteiger partial charge >= 0.3 is 0 Å². The minimum absolute atomic E-state index is 0.114. The number of carbonyl (C=O) groups is 3. The maximum Gasteiger partial charge on any atom is 0.251 e. The van der Waals surface area contributed by atoms with Gasteiger partial charge in [0.15, 0.2) is 0 Å². The van der Waals surface area contributed by atoms with Crippen molar-refractivity contribution in [1.82, 2.24) is 15.6 Å². The molecule has 3 N–H and O–H groups in total. The fraction of sp³-hybridized carbons (Fsp3) is 0.318. The molecule has 0 saturated heterocycles. The molecule has 156 valence electrons. The van der Waals surface area contributed by atoms with Gasteiger partial charge in [-0.2, -0.15) is 5.26 Å². The largest absolute Gasteiger partial charge is 0.341 e. The molecule has 1 unspecified atom stereocenters. The molecule has 0 saturated carbocycles. The molecular weight excluding hydrogens is 382 g/mol. The van der Waals surface area contributed by atoms with E-state index >= 15 is 0 Å². The maximum absolute atomic E-state index is 12.5. The summed E-state index contributed by atoms with van der Waals surface area (Å²) in [5.74, 6) is -0.800. The molecule has 1 aromatic heterocycles. The number of nitrogens with zero attached hydrogens (tertiary/aromatic N) is 2. The molecule has 1 aromatic carbocycles. The van der Waals surface area contributed by atoms with Gasteiger partial charge in [-0.1, -0.05) is 19.9 Å². The highest BCUT2D eigenvalue weighted by molar-refractivity contribution is 5.98. The second-order valence-electron chi connectivity index (χ2n) is 7.20. The third kappa shape index (κ3) is 7.36. The lowest BCUT2D eigenvalue weighted by Gasteiger charge is -2.19. The Morgan fingerprint density at radius 1 is 1.13 bits per heavy atom. The van der Waals surface area contributed by atoms with Crippen molar-refractivity contribution < 1.29 is 14.4 Å². The summed E-state index contributed by atoms with van der Waals surface area (Å²) in [6, 6.07) is 11.1. The number of amides is 3. The van der Waals surface area contributed by atoms with Crippen LogP contribution < -0.4 is 16.0 Å². The van der Waals surface area contributed by atoms with Gasteiger partial charge < -0.3 is 16.0 Å². The van der Waals surface area contributed by atoms with Gasteiger partial charge in [0.25, 0.3) is 5.91 Å². The summed E-state index contributed by atoms with van der Waals surface area (Å²) in [6.07, 6.45) is 3.92. The number of nitrogens with one attached hydrogen (secondary N) is 3. The minimum atomic E-state index is -0.732. The van der Waals surface area contributed by atoms with Crippen LogP contribution in [0.1, 0.15) is 36.2 Å². The van der Waals surface area contributed by atoms with Crippen molar-refractivity contribution in [2.45, 2.75) is 32.7 Å². The minimum Gasteiger partial charge on any atom is -0.341 e. The van der Waals surface area contributed by atoms with E-state index in [2.05, 4.69) is 20.9 Å². The highest BCUT2D eigenvalue weighted by Gasteiger charge is 2.22. The first-order chi connectivity index (χ1) is 14.4. The van der Waals surface area contributed by atoms with Crippen molar-refractivity contribution in [1.29, 1.82) is 5.26 Å². The molecule has 2 aromatic rings. The summed E-state index contributed by atoms with van der Waals surface area (Å²) in [4.78, 5) is 40.8. The van der Waals surface area contributed by atoms with E-state index in [1.807, 2.05) is 26.0 Å². The Balaban J connectivity index is 1.96. The fourth-order valence-corrected chi connectivity index (χ4v) is 2.79. The molecule has 3 amide bonds. The number of benzene rings is 1. The van der Waals surface area contributed by atoms with Crippen LogP contribution in [0.15, 0.2) is 48.8 Å². The number of rotatable bonds is 9. The lowest BCUT2D eigenvalue weighted by Crippen LogP contribution is -2.47. The van der Waals surface area contributed by atoms with Crippen molar-refractivity contribution in [2.24, 2.45) is 5.92 Å². The third-order valence-electron chi connectivity index (χ3n) is 4.19. The number of hydrogen-bond donors (Lipinski definition) is 3. The third-order valence-corrected chi connectivity index (χ3v) is 4.19. The van der Waals surface area contributed by atoms with Crippen LogP contribution in [-0.2, 0) is 16.0 Å². The molecule has 1 heterocycles. The van der Waals surface area contributed by atoms with E-state index in [1.54, 1.807) is 42.7 Å². The van der Waals surface area contributed by atoms with Crippen LogP contribution in [0.5, 0.6) is 0 Å². The lowest BCUT2D eigenvalue weighted by molar-refractivity contribution is -0.123. The summed E-state index contributed by atoms with van der Waals surface area (Å²) in [6.45, 7) is 3.77. The molecule has 0 aliphatic heterocycles. The molecular formula is C22H25N5O3. The molecule has 1 atom stereocenters. The summed E-state index contributed by atoms with van der Waals surface area (Å²) >= 11 is 0. The van der Waals surface area contributed by atoms with Crippen molar-refractivity contribution in [3.8, 4) is 6.07 Å². The Kier molecular flexibility index (Phi) is 8.51. The first kappa shape index (κ1) is 22.6. The number of pyridine rings is 1. The van der Waals surface area contributed by atoms with Gasteiger partial charge in [-0.3, -0.25) is 19.4 Å². The Hall–Kier alpha value is -3.73. The van der Waals surface area contributed by atoms with Gasteiger partial charge in [0.2, 0.25) is 11.8 Å². The van der Waals surface area contributed by atoms with E-state index in [9.17, 15) is 14.4 Å². The molecule has 0 bridgehead atoms. The van der Waals surface area contributed by atoms with Crippen LogP contribution in [0.25, 0.3) is 0 Å². The topological polar surface area (TPSA) is 124 Å². The Bertz CT molecular complexity index is 905. The van der Waals surface area contributed by atoms with Crippen LogP contribution in [0.2, 0.25) is 0 Å². The van der Waals surface area contributed by atoms with Gasteiger partial charge in [0.05, 0.1) is 12.5 Å². The predicted molar refractivity (Wildman–Crippen MR) is 112 cm³/mol. The molecule has 0 radical (unpaired) electrons. The van der Waals surface area contributed by atoms with E-state index in [0.717, 1.165) is 5.56 Å². The quantitative estimate of drug-likeness (QED) is 0.549. The van der Waals surface area contributed by atoms with E-state index in [0.29, 0.717) is 17.7 Å². The average molecular weight is 407 g/mol. The molecule has 0 aliphatic carbocycles. The molecule has 8 nitrogen and oxygen atoms in total. The zero-order chi connectivity index (χ0) is 21.9. The van der Waals surface area contributed by atoms with Crippen molar-refractivity contribution in [2.75, 3.05) is 11.9 Å². The molecule has 8 heteroatoms. The number of carbonyl (C=O) groups excluding carboxylic acids is 3. The van der Waals surface area contributed by atoms with Crippen molar-refractivity contribution in [3.05, 3.63) is 59.9 Å². The first-order valence-electron chi connectivity index (χ1n) is 9.63. The van der Waals surface area contributed by atoms with Gasteiger partial charge in [-0.15, -0.1) is 0 Å². The molecule has 0 fully saturated rings. The Morgan fingerprint density at radius 2 is 1.87 bits per heavy atom. The summed E-state index contributed by atoms with van der Waals surface area (Å²) in [7, 11) is 0. The SMILES string of the molecule is CC(C)CC(NC(=O)c1ccc(NC(=O)Cc2cccnc2)cc1)C(=O)NCC#N. The van der Waals surface area contributed by atoms with Crippen molar-refractivity contribution >= 4 is 23.4 Å². The van der Waals surface area contributed by atoms with Gasteiger partial charge in [0.1, 0.15) is 12.6 Å². The average Bonchev–Trinajstić information content (AvgIpc) is 2.72. The maximum atomic E-state index is 12.5. The molecule has 0 aliphatic rings. The van der Waals surface area contributed by atoms with E-state index in [4.69, 9.17) is 5.26 Å². The monoisotopic (exact) mass is 407 g/mol. The normalized spacial score (nSPS) is 11.3. The number of nitriles is 1. The summed E-state index contributed by atoms with van der Waals surface area (Å²) in [5, 5.41) is 16.6. The second kappa shape index (κ2) is 11.3. The highest BCUT2D eigenvalue weighted by Crippen LogP contribution is 2.12. The van der Waals surface area contributed by atoms with Crippen LogP contribution in [-0.4, -0.2) is 35.3 Å². The van der Waals surface area contributed by atoms with Crippen LogP contribution in [0.3, 0.4) is 0 Å². The van der Waals surface area contributed by atoms with Gasteiger partial charge in [-0.25, -0.2) is 0 Å². The smallest absolute Gasteiger partial charge is 0.251 e. The Labute approximate surface area is 175 Å². The standard InChI is InChI=1S/C22H25N5O3/c1-15(2)12-19(22(30)25-11-9-23)27-21(29)17-5-7-18(8-6-17)26-20(28)13-16-4-3-10-24-14-16/h3-8,10,14-15,19H,11-13H2,1-2H3,(H,25,30)(H,26,28)(H,27,29). The fourth-order valence-electron chi connectivity index (χ4n) is 2.79. The van der Waals surface area contributed by atoms with Crippen LogP contribution >= 0.6 is 0 Å². The highest BCUT2D eigenvalue weighted by atomic mass is 16.2. The van der Waals surface area contributed by atoms with Crippen LogP contribution in [0, 0.1) is 17.2 Å². The lowest BCUT2D eigenvalue weighted by atomic mass is 10.0. The zero-order valence-corrected chi connectivity index (χ0v) is 17.0. The Morgan fingerprint density at radius 3 is 2.47 bits per heavy atom. The number of hydrogen-bond acceptors (Lipinski definition) is 5. The second-order valence-corrected chi connectivity index (χ2v) is 7.20. The van der Waals surface area contributed by atoms with Crippen molar-refractivity contribution in [3.63, 3.8) is 0 Å². The number of anilines is 1. The molecule has 0 spiro atoms. The van der Waals surface area contributed by atoms with Gasteiger partial charge in [-0.05, 0) is 48.2 Å². The summed E-state index contributed by atoms with van der Waals surface area (Å²) < 4.78 is 0. The van der Waals surface area contributed by atoms with E-state index in [-0.39, 0.29) is 24.8 Å². The summed E-state index contributed by atoms with van der Waals surface area (Å²) in [5.41, 5.74) is 1.73. The first-order valence-corrected chi connectivity index (χ1v) is 9.63. The predicted octanol–water partition coefficient (Wildman–Crippen LogP) is 2.05. The molecule has 30 heavy (non-hydrogen) atoms.